The molecule has 0 unspecified atom stereocenters. The summed E-state index contributed by atoms with van der Waals surface area (Å²) in [7, 11) is 1.85. The predicted molar refractivity (Wildman–Crippen MR) is 96.3 cm³/mol. The van der Waals surface area contributed by atoms with Gasteiger partial charge in [0.1, 0.15) is 5.82 Å². The Morgan fingerprint density at radius 2 is 2.35 bits per heavy atom. The molecule has 0 saturated carbocycles. The van der Waals surface area contributed by atoms with E-state index in [1.165, 1.54) is 0 Å². The van der Waals surface area contributed by atoms with Gasteiger partial charge < -0.3 is 20.7 Å². The number of fused-ring (bicyclic) bond motifs is 2. The van der Waals surface area contributed by atoms with Gasteiger partial charge in [-0.15, -0.1) is 0 Å². The summed E-state index contributed by atoms with van der Waals surface area (Å²) in [5.41, 5.74) is 7.29. The number of nitrogens with one attached hydrogen (secondary N) is 1. The standard InChI is InChI=1S/C17H23N5O3S/c1-21-14(9-6-26-7-10(9)20-21)19-15(23)12-11-2-3-17(25-11)8-22(5-4-18)16(24)13(12)17/h11-13H,2-8,18H2,1H3,(H,19,23)/t11-,12-,13+,17-/m0/s1. The molecule has 2 bridgehead atoms. The van der Waals surface area contributed by atoms with Gasteiger partial charge in [-0.05, 0) is 12.8 Å². The molecule has 5 rings (SSSR count). The molecular weight excluding hydrogens is 354 g/mol. The molecular formula is C17H23N5O3S. The van der Waals surface area contributed by atoms with Crippen molar-refractivity contribution in [2.24, 2.45) is 24.6 Å². The van der Waals surface area contributed by atoms with Gasteiger partial charge in [0.2, 0.25) is 11.8 Å². The second-order valence-corrected chi connectivity index (χ2v) is 8.68. The van der Waals surface area contributed by atoms with Gasteiger partial charge in [-0.1, -0.05) is 0 Å². The minimum Gasteiger partial charge on any atom is -0.368 e. The van der Waals surface area contributed by atoms with Crippen LogP contribution in [0.3, 0.4) is 0 Å². The zero-order valence-corrected chi connectivity index (χ0v) is 15.6. The lowest BCUT2D eigenvalue weighted by Crippen LogP contribution is -2.43. The number of rotatable bonds is 4. The number of hydrogen-bond acceptors (Lipinski definition) is 6. The first-order valence-electron chi connectivity index (χ1n) is 9.14. The molecule has 26 heavy (non-hydrogen) atoms. The van der Waals surface area contributed by atoms with E-state index < -0.39 is 11.5 Å². The van der Waals surface area contributed by atoms with Crippen LogP contribution in [0.15, 0.2) is 0 Å². The normalized spacial score (nSPS) is 34.5. The third-order valence-corrected chi connectivity index (χ3v) is 7.23. The molecule has 3 N–H and O–H groups in total. The molecule has 9 heteroatoms. The van der Waals surface area contributed by atoms with Gasteiger partial charge in [-0.25, -0.2) is 0 Å². The molecule has 4 atom stereocenters. The number of carbonyl (C=O) groups is 2. The number of nitrogens with zero attached hydrogens (tertiary/aromatic N) is 3. The molecule has 2 amide bonds. The monoisotopic (exact) mass is 377 g/mol. The van der Waals surface area contributed by atoms with Crippen LogP contribution in [0.4, 0.5) is 5.82 Å². The summed E-state index contributed by atoms with van der Waals surface area (Å²) in [6.45, 7) is 1.51. The molecule has 5 heterocycles. The number of amides is 2. The molecule has 1 spiro atoms. The van der Waals surface area contributed by atoms with Gasteiger partial charge in [0.05, 0.1) is 35.8 Å². The largest absolute Gasteiger partial charge is 0.368 e. The van der Waals surface area contributed by atoms with E-state index in [0.29, 0.717) is 19.6 Å². The number of anilines is 1. The molecule has 140 valence electrons. The smallest absolute Gasteiger partial charge is 0.232 e. The lowest BCUT2D eigenvalue weighted by atomic mass is 9.73. The highest BCUT2D eigenvalue weighted by Gasteiger charge is 2.68. The zero-order chi connectivity index (χ0) is 18.1. The fraction of sp³-hybridized carbons (Fsp3) is 0.706. The second-order valence-electron chi connectivity index (χ2n) is 7.69. The van der Waals surface area contributed by atoms with Crippen molar-refractivity contribution in [2.75, 3.05) is 25.0 Å². The van der Waals surface area contributed by atoms with Crippen LogP contribution < -0.4 is 11.1 Å². The van der Waals surface area contributed by atoms with Crippen LogP contribution in [0.2, 0.25) is 0 Å². The molecule has 0 aromatic carbocycles. The van der Waals surface area contributed by atoms with Crippen LogP contribution in [0.25, 0.3) is 0 Å². The van der Waals surface area contributed by atoms with Crippen molar-refractivity contribution < 1.29 is 14.3 Å². The minimum atomic E-state index is -0.497. The van der Waals surface area contributed by atoms with Crippen molar-refractivity contribution in [1.82, 2.24) is 14.7 Å². The van der Waals surface area contributed by atoms with Crippen molar-refractivity contribution in [2.45, 2.75) is 36.1 Å². The first-order valence-corrected chi connectivity index (χ1v) is 10.3. The van der Waals surface area contributed by atoms with E-state index in [9.17, 15) is 9.59 Å². The van der Waals surface area contributed by atoms with Crippen LogP contribution in [0.5, 0.6) is 0 Å². The van der Waals surface area contributed by atoms with E-state index in [0.717, 1.165) is 41.4 Å². The SMILES string of the molecule is Cn1nc2c(c1NC(=O)[C@H]1[C@@H]3CC[C@@]4(CN(CCN)C(=O)[C@@H]14)O3)CSC2. The molecule has 4 aliphatic rings. The molecule has 1 aromatic rings. The van der Waals surface area contributed by atoms with Gasteiger partial charge in [0, 0.05) is 37.2 Å². The summed E-state index contributed by atoms with van der Waals surface area (Å²) in [5, 5.41) is 7.56. The summed E-state index contributed by atoms with van der Waals surface area (Å²) in [4.78, 5) is 27.9. The Kier molecular flexibility index (Phi) is 3.64. The summed E-state index contributed by atoms with van der Waals surface area (Å²) in [5.74, 6) is 1.58. The van der Waals surface area contributed by atoms with Crippen LogP contribution in [0.1, 0.15) is 24.1 Å². The summed E-state index contributed by atoms with van der Waals surface area (Å²) in [6.07, 6.45) is 1.51. The number of hydrogen-bond donors (Lipinski definition) is 2. The van der Waals surface area contributed by atoms with Gasteiger partial charge >= 0.3 is 0 Å². The van der Waals surface area contributed by atoms with E-state index in [-0.39, 0.29) is 23.8 Å². The molecule has 8 nitrogen and oxygen atoms in total. The van der Waals surface area contributed by atoms with Gasteiger partial charge in [0.15, 0.2) is 0 Å². The summed E-state index contributed by atoms with van der Waals surface area (Å²) >= 11 is 1.80. The van der Waals surface area contributed by atoms with Crippen molar-refractivity contribution >= 4 is 29.4 Å². The Hall–Kier alpha value is -1.58. The number of nitrogens with two attached hydrogens (primary N) is 1. The number of aromatic nitrogens is 2. The predicted octanol–water partition coefficient (Wildman–Crippen LogP) is 0.0701. The minimum absolute atomic E-state index is 0.0172. The van der Waals surface area contributed by atoms with Crippen LogP contribution in [-0.2, 0) is 32.9 Å². The fourth-order valence-corrected chi connectivity index (χ4v) is 6.22. The Morgan fingerprint density at radius 3 is 3.15 bits per heavy atom. The van der Waals surface area contributed by atoms with Crippen LogP contribution >= 0.6 is 11.8 Å². The molecule has 3 saturated heterocycles. The maximum Gasteiger partial charge on any atom is 0.232 e. The van der Waals surface area contributed by atoms with E-state index in [1.54, 1.807) is 21.3 Å². The maximum atomic E-state index is 13.2. The Bertz CT molecular complexity index is 796. The highest BCUT2D eigenvalue weighted by Crippen LogP contribution is 2.55. The number of likely N-dealkylation sites (tertiary alicyclic amines) is 1. The Morgan fingerprint density at radius 1 is 1.50 bits per heavy atom. The van der Waals surface area contributed by atoms with Crippen LogP contribution in [0, 0.1) is 11.8 Å². The van der Waals surface area contributed by atoms with Gasteiger partial charge in [-0.3, -0.25) is 14.3 Å². The molecule has 4 aliphatic heterocycles. The fourth-order valence-electron chi connectivity index (χ4n) is 5.18. The highest BCUT2D eigenvalue weighted by molar-refractivity contribution is 7.98. The van der Waals surface area contributed by atoms with E-state index >= 15 is 0 Å². The average Bonchev–Trinajstić information content (AvgIpc) is 3.37. The Labute approximate surface area is 155 Å². The summed E-state index contributed by atoms with van der Waals surface area (Å²) < 4.78 is 7.96. The molecule has 0 aliphatic carbocycles. The van der Waals surface area contributed by atoms with Crippen molar-refractivity contribution in [1.29, 1.82) is 0 Å². The van der Waals surface area contributed by atoms with Crippen molar-refractivity contribution in [3.8, 4) is 0 Å². The van der Waals surface area contributed by atoms with Crippen molar-refractivity contribution in [3.05, 3.63) is 11.3 Å². The number of aryl methyl sites for hydroxylation is 1. The number of ether oxygens (including phenoxy) is 1. The number of carbonyl (C=O) groups excluding carboxylic acids is 2. The lowest BCUT2D eigenvalue weighted by Gasteiger charge is -2.27. The average molecular weight is 377 g/mol. The van der Waals surface area contributed by atoms with Crippen molar-refractivity contribution in [3.63, 3.8) is 0 Å². The third-order valence-electron chi connectivity index (χ3n) is 6.26. The maximum absolute atomic E-state index is 13.2. The van der Waals surface area contributed by atoms with E-state index in [4.69, 9.17) is 10.5 Å². The van der Waals surface area contributed by atoms with Crippen LogP contribution in [-0.4, -0.2) is 57.8 Å². The summed E-state index contributed by atoms with van der Waals surface area (Å²) in [6, 6.07) is 0. The molecule has 1 aromatic heterocycles. The third kappa shape index (κ3) is 2.13. The lowest BCUT2D eigenvalue weighted by molar-refractivity contribution is -0.136. The zero-order valence-electron chi connectivity index (χ0n) is 14.7. The van der Waals surface area contributed by atoms with Gasteiger partial charge in [0.25, 0.3) is 0 Å². The van der Waals surface area contributed by atoms with E-state index in [1.807, 2.05) is 7.05 Å². The second kappa shape index (κ2) is 5.71. The topological polar surface area (TPSA) is 102 Å². The first kappa shape index (κ1) is 16.6. The molecule has 0 radical (unpaired) electrons. The molecule has 3 fully saturated rings. The quantitative estimate of drug-likeness (QED) is 0.770. The first-order chi connectivity index (χ1) is 12.5. The van der Waals surface area contributed by atoms with E-state index in [2.05, 4.69) is 10.4 Å². The Balaban J connectivity index is 1.42. The van der Waals surface area contributed by atoms with Gasteiger partial charge in [-0.2, -0.15) is 16.9 Å². The highest BCUT2D eigenvalue weighted by atomic mass is 32.2. The number of thioether (sulfide) groups is 1.